The zero-order valence-electron chi connectivity index (χ0n) is 15.3. The van der Waals surface area contributed by atoms with Crippen LogP contribution in [0, 0.1) is 6.92 Å². The van der Waals surface area contributed by atoms with Crippen molar-refractivity contribution in [3.05, 3.63) is 89.2 Å². The molecule has 0 amide bonds. The van der Waals surface area contributed by atoms with E-state index in [0.717, 1.165) is 22.5 Å². The minimum Gasteiger partial charge on any atom is -0.477 e. The molecule has 4 heteroatoms. The molecule has 0 spiro atoms. The van der Waals surface area contributed by atoms with Crippen LogP contribution in [0.5, 0.6) is 0 Å². The number of nitrogens with zero attached hydrogens (tertiary/aromatic N) is 2. The molecule has 1 N–H and O–H groups in total. The van der Waals surface area contributed by atoms with Gasteiger partial charge in [-0.1, -0.05) is 48.5 Å². The third-order valence-electron chi connectivity index (χ3n) is 4.89. The summed E-state index contributed by atoms with van der Waals surface area (Å²) in [6, 6.07) is 21.9. The highest BCUT2D eigenvalue weighted by molar-refractivity contribution is 5.92. The number of benzene rings is 2. The lowest BCUT2D eigenvalue weighted by Gasteiger charge is -2.09. The summed E-state index contributed by atoms with van der Waals surface area (Å²) in [4.78, 5) is 15.6. The first kappa shape index (κ1) is 17.0. The highest BCUT2D eigenvalue weighted by atomic mass is 16.4. The average Bonchev–Trinajstić information content (AvgIpc) is 2.94. The van der Waals surface area contributed by atoms with Crippen molar-refractivity contribution in [2.24, 2.45) is 7.05 Å². The van der Waals surface area contributed by atoms with Crippen LogP contribution in [0.4, 0.5) is 0 Å². The van der Waals surface area contributed by atoms with E-state index in [2.05, 4.69) is 53.9 Å². The van der Waals surface area contributed by atoms with Crippen LogP contribution in [0.1, 0.15) is 27.3 Å². The van der Waals surface area contributed by atoms with E-state index in [4.69, 9.17) is 0 Å². The van der Waals surface area contributed by atoms with E-state index in [0.29, 0.717) is 6.42 Å². The first-order valence-corrected chi connectivity index (χ1v) is 8.87. The summed E-state index contributed by atoms with van der Waals surface area (Å²) >= 11 is 0. The molecule has 0 fully saturated rings. The molecule has 0 saturated carbocycles. The maximum absolute atomic E-state index is 11.3. The number of carboxylic acids is 1. The van der Waals surface area contributed by atoms with Crippen molar-refractivity contribution in [2.75, 3.05) is 0 Å². The van der Waals surface area contributed by atoms with Gasteiger partial charge >= 0.3 is 5.97 Å². The third-order valence-corrected chi connectivity index (χ3v) is 4.89. The van der Waals surface area contributed by atoms with Crippen LogP contribution in [0.2, 0.25) is 0 Å². The molecule has 4 rings (SSSR count). The van der Waals surface area contributed by atoms with E-state index >= 15 is 0 Å². The fourth-order valence-electron chi connectivity index (χ4n) is 3.65. The maximum Gasteiger partial charge on any atom is 0.354 e. The molecule has 0 radical (unpaired) electrons. The predicted molar refractivity (Wildman–Crippen MR) is 107 cm³/mol. The van der Waals surface area contributed by atoms with Crippen molar-refractivity contribution < 1.29 is 9.90 Å². The highest BCUT2D eigenvalue weighted by Crippen LogP contribution is 2.34. The number of aryl methyl sites for hydroxylation is 2. The number of hydrogen-bond donors (Lipinski definition) is 1. The van der Waals surface area contributed by atoms with Crippen LogP contribution in [-0.2, 0) is 13.5 Å². The summed E-state index contributed by atoms with van der Waals surface area (Å²) in [7, 11) is 2.08. The molecule has 0 unspecified atom stereocenters. The van der Waals surface area contributed by atoms with Crippen molar-refractivity contribution in [3.63, 3.8) is 0 Å². The monoisotopic (exact) mass is 356 g/mol. The van der Waals surface area contributed by atoms with Crippen LogP contribution in [0.3, 0.4) is 0 Å². The van der Waals surface area contributed by atoms with Gasteiger partial charge in [0.25, 0.3) is 0 Å². The van der Waals surface area contributed by atoms with E-state index < -0.39 is 5.97 Å². The molecule has 2 heterocycles. The fourth-order valence-corrected chi connectivity index (χ4v) is 3.65. The Morgan fingerprint density at radius 3 is 2.56 bits per heavy atom. The Labute approximate surface area is 157 Å². The zero-order chi connectivity index (χ0) is 19.0. The number of fused-ring (bicyclic) bond motifs is 1. The Balaban J connectivity index is 1.93. The number of hydrogen-bond acceptors (Lipinski definition) is 2. The van der Waals surface area contributed by atoms with Gasteiger partial charge in [0.05, 0.1) is 5.69 Å². The molecule has 0 saturated heterocycles. The van der Waals surface area contributed by atoms with Gasteiger partial charge in [-0.15, -0.1) is 0 Å². The smallest absolute Gasteiger partial charge is 0.354 e. The van der Waals surface area contributed by atoms with E-state index in [1.54, 1.807) is 6.07 Å². The lowest BCUT2D eigenvalue weighted by atomic mass is 10.00. The molecule has 0 aliphatic heterocycles. The van der Waals surface area contributed by atoms with Gasteiger partial charge in [-0.25, -0.2) is 9.78 Å². The minimum absolute atomic E-state index is 0.0739. The standard InChI is InChI=1S/C23H20N2O2/c1-15-11-12-18-19(14-17-9-6-10-20(24-17)23(26)27)22(25(2)21(18)13-15)16-7-4-3-5-8-16/h3-13H,14H2,1-2H3,(H,26,27). The highest BCUT2D eigenvalue weighted by Gasteiger charge is 2.18. The van der Waals surface area contributed by atoms with Crippen LogP contribution < -0.4 is 0 Å². The SMILES string of the molecule is Cc1ccc2c(Cc3cccc(C(=O)O)n3)c(-c3ccccc3)n(C)c2c1. The molecule has 0 bridgehead atoms. The Morgan fingerprint density at radius 1 is 1.04 bits per heavy atom. The number of rotatable bonds is 4. The largest absolute Gasteiger partial charge is 0.477 e. The number of carbonyl (C=O) groups is 1. The molecule has 0 aliphatic carbocycles. The molecular formula is C23H20N2O2. The summed E-state index contributed by atoms with van der Waals surface area (Å²) in [6.45, 7) is 2.09. The van der Waals surface area contributed by atoms with Crippen LogP contribution in [0.25, 0.3) is 22.2 Å². The average molecular weight is 356 g/mol. The molecule has 27 heavy (non-hydrogen) atoms. The fraction of sp³-hybridized carbons (Fsp3) is 0.130. The summed E-state index contributed by atoms with van der Waals surface area (Å²) < 4.78 is 2.22. The molecule has 2 aromatic carbocycles. The van der Waals surface area contributed by atoms with E-state index in [1.165, 1.54) is 22.5 Å². The second-order valence-electron chi connectivity index (χ2n) is 6.77. The van der Waals surface area contributed by atoms with E-state index in [9.17, 15) is 9.90 Å². The lowest BCUT2D eigenvalue weighted by molar-refractivity contribution is 0.0690. The van der Waals surface area contributed by atoms with Gasteiger partial charge in [0.2, 0.25) is 0 Å². The number of aromatic carboxylic acids is 1. The second-order valence-corrected chi connectivity index (χ2v) is 6.77. The van der Waals surface area contributed by atoms with Crippen LogP contribution >= 0.6 is 0 Å². The summed E-state index contributed by atoms with van der Waals surface area (Å²) in [5.41, 5.74) is 6.63. The second kappa shape index (κ2) is 6.72. The quantitative estimate of drug-likeness (QED) is 0.569. The predicted octanol–water partition coefficient (Wildman–Crippen LogP) is 4.84. The molecular weight excluding hydrogens is 336 g/mol. The Bertz CT molecular complexity index is 1140. The van der Waals surface area contributed by atoms with Gasteiger partial charge in [-0.05, 0) is 41.8 Å². The summed E-state index contributed by atoms with van der Waals surface area (Å²) in [5, 5.41) is 10.4. The van der Waals surface area contributed by atoms with Crippen LogP contribution in [-0.4, -0.2) is 20.6 Å². The lowest BCUT2D eigenvalue weighted by Crippen LogP contribution is -2.03. The minimum atomic E-state index is -1.01. The van der Waals surface area contributed by atoms with E-state index in [-0.39, 0.29) is 5.69 Å². The molecule has 4 aromatic rings. The van der Waals surface area contributed by atoms with Crippen LogP contribution in [0.15, 0.2) is 66.7 Å². The Morgan fingerprint density at radius 2 is 1.81 bits per heavy atom. The van der Waals surface area contributed by atoms with Crippen molar-refractivity contribution in [3.8, 4) is 11.3 Å². The van der Waals surface area contributed by atoms with Gasteiger partial charge in [0.1, 0.15) is 5.69 Å². The normalized spacial score (nSPS) is 11.0. The zero-order valence-corrected chi connectivity index (χ0v) is 15.3. The van der Waals surface area contributed by atoms with Gasteiger partial charge in [-0.2, -0.15) is 0 Å². The van der Waals surface area contributed by atoms with Crippen molar-refractivity contribution in [2.45, 2.75) is 13.3 Å². The first-order chi connectivity index (χ1) is 13.0. The molecule has 0 aliphatic rings. The van der Waals surface area contributed by atoms with Gasteiger partial charge in [0, 0.05) is 30.1 Å². The number of aromatic nitrogens is 2. The molecule has 134 valence electrons. The van der Waals surface area contributed by atoms with Gasteiger partial charge in [0.15, 0.2) is 0 Å². The maximum atomic E-state index is 11.3. The van der Waals surface area contributed by atoms with Crippen molar-refractivity contribution in [1.29, 1.82) is 0 Å². The van der Waals surface area contributed by atoms with Gasteiger partial charge < -0.3 is 9.67 Å². The van der Waals surface area contributed by atoms with E-state index in [1.807, 2.05) is 24.3 Å². The Kier molecular flexibility index (Phi) is 4.24. The Hall–Kier alpha value is -3.40. The topological polar surface area (TPSA) is 55.1 Å². The molecule has 2 aromatic heterocycles. The number of pyridine rings is 1. The number of carboxylic acid groups (broad SMARTS) is 1. The van der Waals surface area contributed by atoms with Crippen molar-refractivity contribution in [1.82, 2.24) is 9.55 Å². The third kappa shape index (κ3) is 3.10. The summed E-state index contributed by atoms with van der Waals surface area (Å²) in [6.07, 6.45) is 0.575. The summed E-state index contributed by atoms with van der Waals surface area (Å²) in [5.74, 6) is -1.01. The first-order valence-electron chi connectivity index (χ1n) is 8.87. The van der Waals surface area contributed by atoms with Gasteiger partial charge in [-0.3, -0.25) is 0 Å². The molecule has 4 nitrogen and oxygen atoms in total. The van der Waals surface area contributed by atoms with Crippen molar-refractivity contribution >= 4 is 16.9 Å². The molecule has 0 atom stereocenters.